The smallest absolute Gasteiger partial charge is 0.410 e. The zero-order chi connectivity index (χ0) is 19.6. The second-order valence-corrected chi connectivity index (χ2v) is 6.39. The molecule has 0 bridgehead atoms. The number of benzene rings is 2. The summed E-state index contributed by atoms with van der Waals surface area (Å²) in [4.78, 5) is 26.4. The summed E-state index contributed by atoms with van der Waals surface area (Å²) >= 11 is 5.95. The van der Waals surface area contributed by atoms with E-state index in [2.05, 4.69) is 5.32 Å². The Kier molecular flexibility index (Phi) is 5.28. The third kappa shape index (κ3) is 3.71. The molecule has 138 valence electrons. The summed E-state index contributed by atoms with van der Waals surface area (Å²) in [6.07, 6.45) is -0.230. The third-order valence-corrected chi connectivity index (χ3v) is 4.59. The number of nitriles is 1. The predicted molar refractivity (Wildman–Crippen MR) is 96.8 cm³/mol. The largest absolute Gasteiger partial charge is 0.453 e. The number of hydrogen-bond donors (Lipinski definition) is 1. The van der Waals surface area contributed by atoms with Crippen molar-refractivity contribution in [1.82, 2.24) is 4.90 Å². The Bertz CT molecular complexity index is 958. The lowest BCUT2D eigenvalue weighted by Crippen LogP contribution is -2.45. The van der Waals surface area contributed by atoms with Gasteiger partial charge in [-0.05, 0) is 47.9 Å². The predicted octanol–water partition coefficient (Wildman–Crippen LogP) is 3.66. The van der Waals surface area contributed by atoms with Gasteiger partial charge in [-0.1, -0.05) is 17.7 Å². The maximum Gasteiger partial charge on any atom is 0.410 e. The second kappa shape index (κ2) is 7.64. The van der Waals surface area contributed by atoms with Gasteiger partial charge in [-0.2, -0.15) is 5.26 Å². The van der Waals surface area contributed by atoms with Gasteiger partial charge in [0.25, 0.3) is 5.91 Å². The fourth-order valence-electron chi connectivity index (χ4n) is 3.10. The highest BCUT2D eigenvalue weighted by Gasteiger charge is 2.37. The number of fused-ring (bicyclic) bond motifs is 1. The third-order valence-electron chi connectivity index (χ3n) is 4.35. The molecule has 0 fully saturated rings. The Balaban J connectivity index is 2.02. The fourth-order valence-corrected chi connectivity index (χ4v) is 3.27. The molecular formula is C19H15ClFN3O3. The highest BCUT2D eigenvalue weighted by molar-refractivity contribution is 6.31. The zero-order valence-electron chi connectivity index (χ0n) is 14.3. The van der Waals surface area contributed by atoms with Crippen LogP contribution < -0.4 is 5.32 Å². The number of methoxy groups -OCH3 is 1. The molecule has 0 aliphatic carbocycles. The number of amides is 2. The lowest BCUT2D eigenvalue weighted by atomic mass is 9.92. The summed E-state index contributed by atoms with van der Waals surface area (Å²) in [5, 5.41) is 12.2. The van der Waals surface area contributed by atoms with Crippen molar-refractivity contribution in [2.45, 2.75) is 12.5 Å². The van der Waals surface area contributed by atoms with E-state index in [4.69, 9.17) is 16.3 Å². The van der Waals surface area contributed by atoms with E-state index in [0.29, 0.717) is 17.0 Å². The maximum atomic E-state index is 13.8. The van der Waals surface area contributed by atoms with Crippen molar-refractivity contribution < 1.29 is 18.7 Å². The van der Waals surface area contributed by atoms with Crippen LogP contribution in [-0.4, -0.2) is 30.6 Å². The summed E-state index contributed by atoms with van der Waals surface area (Å²) in [6.45, 7) is 0.240. The van der Waals surface area contributed by atoms with Crippen LogP contribution in [0.3, 0.4) is 0 Å². The van der Waals surface area contributed by atoms with Crippen molar-refractivity contribution in [3.63, 3.8) is 0 Å². The van der Waals surface area contributed by atoms with E-state index in [1.54, 1.807) is 6.07 Å². The van der Waals surface area contributed by atoms with Crippen molar-refractivity contribution in [2.24, 2.45) is 0 Å². The molecule has 3 rings (SSSR count). The quantitative estimate of drug-likeness (QED) is 0.852. The molecule has 0 unspecified atom stereocenters. The number of rotatable bonds is 2. The van der Waals surface area contributed by atoms with Gasteiger partial charge in [0.15, 0.2) is 0 Å². The van der Waals surface area contributed by atoms with Crippen LogP contribution in [0, 0.1) is 17.1 Å². The number of carbonyl (C=O) groups excluding carboxylic acids is 2. The van der Waals surface area contributed by atoms with Crippen LogP contribution >= 0.6 is 11.6 Å². The first-order chi connectivity index (χ1) is 12.9. The normalized spacial score (nSPS) is 15.5. The standard InChI is InChI=1S/C19H15ClFN3O3/c1-27-19(26)24-7-6-11-3-5-14(21)9-15(11)17(24)18(25)23-16-8-13(20)4-2-12(16)10-22/h2-5,8-9,17H,6-7H2,1H3,(H,23,25)/t17-/m1/s1. The molecular weight excluding hydrogens is 373 g/mol. The van der Waals surface area contributed by atoms with Gasteiger partial charge in [-0.3, -0.25) is 9.69 Å². The van der Waals surface area contributed by atoms with Gasteiger partial charge in [0.05, 0.1) is 18.4 Å². The number of ether oxygens (including phenoxy) is 1. The Hall–Kier alpha value is -3.11. The number of halogens is 2. The number of nitrogens with one attached hydrogen (secondary N) is 1. The summed E-state index contributed by atoms with van der Waals surface area (Å²) in [6, 6.07) is 9.46. The molecule has 1 heterocycles. The average molecular weight is 388 g/mol. The van der Waals surface area contributed by atoms with E-state index in [1.165, 1.54) is 42.3 Å². The van der Waals surface area contributed by atoms with Gasteiger partial charge in [0.1, 0.15) is 17.9 Å². The van der Waals surface area contributed by atoms with Gasteiger partial charge in [0.2, 0.25) is 0 Å². The monoisotopic (exact) mass is 387 g/mol. The summed E-state index contributed by atoms with van der Waals surface area (Å²) in [7, 11) is 1.21. The van der Waals surface area contributed by atoms with Crippen LogP contribution in [0.1, 0.15) is 22.7 Å². The second-order valence-electron chi connectivity index (χ2n) is 5.95. The first kappa shape index (κ1) is 18.7. The number of hydrogen-bond acceptors (Lipinski definition) is 4. The van der Waals surface area contributed by atoms with E-state index >= 15 is 0 Å². The number of carbonyl (C=O) groups is 2. The summed E-state index contributed by atoms with van der Waals surface area (Å²) in [5.41, 5.74) is 1.57. The zero-order valence-corrected chi connectivity index (χ0v) is 15.1. The highest BCUT2D eigenvalue weighted by atomic mass is 35.5. The minimum absolute atomic E-state index is 0.211. The molecule has 1 N–H and O–H groups in total. The van der Waals surface area contributed by atoms with E-state index in [-0.39, 0.29) is 17.8 Å². The first-order valence-corrected chi connectivity index (χ1v) is 8.46. The lowest BCUT2D eigenvalue weighted by Gasteiger charge is -2.35. The SMILES string of the molecule is COC(=O)N1CCc2ccc(F)cc2[C@@H]1C(=O)Nc1cc(Cl)ccc1C#N. The number of nitrogens with zero attached hydrogens (tertiary/aromatic N) is 2. The molecule has 0 spiro atoms. The average Bonchev–Trinajstić information content (AvgIpc) is 2.66. The van der Waals surface area contributed by atoms with Gasteiger partial charge >= 0.3 is 6.09 Å². The molecule has 8 heteroatoms. The molecule has 6 nitrogen and oxygen atoms in total. The molecule has 2 aromatic carbocycles. The molecule has 2 aromatic rings. The van der Waals surface area contributed by atoms with E-state index in [0.717, 1.165) is 5.56 Å². The molecule has 0 saturated carbocycles. The minimum Gasteiger partial charge on any atom is -0.453 e. The van der Waals surface area contributed by atoms with E-state index in [1.807, 2.05) is 6.07 Å². The van der Waals surface area contributed by atoms with Crippen molar-refractivity contribution in [1.29, 1.82) is 5.26 Å². The fraction of sp³-hybridized carbons (Fsp3) is 0.211. The molecule has 0 saturated heterocycles. The number of anilines is 1. The van der Waals surface area contributed by atoms with E-state index in [9.17, 15) is 19.2 Å². The summed E-state index contributed by atoms with van der Waals surface area (Å²) in [5.74, 6) is -1.11. The van der Waals surface area contributed by atoms with Crippen LogP contribution in [0.4, 0.5) is 14.9 Å². The topological polar surface area (TPSA) is 82.4 Å². The van der Waals surface area contributed by atoms with Gasteiger partial charge in [-0.25, -0.2) is 9.18 Å². The van der Waals surface area contributed by atoms with Crippen molar-refractivity contribution in [2.75, 3.05) is 19.0 Å². The molecule has 27 heavy (non-hydrogen) atoms. The molecule has 2 amide bonds. The highest BCUT2D eigenvalue weighted by Crippen LogP contribution is 2.32. The Morgan fingerprint density at radius 1 is 1.33 bits per heavy atom. The van der Waals surface area contributed by atoms with Crippen LogP contribution in [-0.2, 0) is 16.0 Å². The molecule has 0 radical (unpaired) electrons. The molecule has 1 atom stereocenters. The summed E-state index contributed by atoms with van der Waals surface area (Å²) < 4.78 is 18.6. The van der Waals surface area contributed by atoms with E-state index < -0.39 is 23.9 Å². The maximum absolute atomic E-state index is 13.8. The van der Waals surface area contributed by atoms with Crippen LogP contribution in [0.25, 0.3) is 0 Å². The molecule has 1 aliphatic rings. The van der Waals surface area contributed by atoms with Crippen LogP contribution in [0.15, 0.2) is 36.4 Å². The van der Waals surface area contributed by atoms with Gasteiger partial charge in [-0.15, -0.1) is 0 Å². The minimum atomic E-state index is -1.09. The van der Waals surface area contributed by atoms with Crippen molar-refractivity contribution in [3.8, 4) is 6.07 Å². The van der Waals surface area contributed by atoms with Gasteiger partial charge in [0, 0.05) is 11.6 Å². The van der Waals surface area contributed by atoms with Gasteiger partial charge < -0.3 is 10.1 Å². The van der Waals surface area contributed by atoms with Crippen LogP contribution in [0.2, 0.25) is 5.02 Å². The molecule has 1 aliphatic heterocycles. The Morgan fingerprint density at radius 3 is 2.81 bits per heavy atom. The Morgan fingerprint density at radius 2 is 2.11 bits per heavy atom. The first-order valence-electron chi connectivity index (χ1n) is 8.08. The lowest BCUT2D eigenvalue weighted by molar-refractivity contribution is -0.121. The van der Waals surface area contributed by atoms with Crippen LogP contribution in [0.5, 0.6) is 0 Å². The molecule has 0 aromatic heterocycles. The van der Waals surface area contributed by atoms with Crippen molar-refractivity contribution in [3.05, 3.63) is 63.9 Å². The Labute approximate surface area is 160 Å². The van der Waals surface area contributed by atoms with Crippen molar-refractivity contribution >= 4 is 29.3 Å².